The number of nitrogens with one attached hydrogen (secondary N) is 1. The second-order valence-electron chi connectivity index (χ2n) is 7.14. The number of likely N-dealkylation sites (N-methyl/N-ethyl adjacent to an activating group) is 1. The average molecular weight is 383 g/mol. The van der Waals surface area contributed by atoms with E-state index >= 15 is 0 Å². The Morgan fingerprint density at radius 3 is 2.75 bits per heavy atom. The minimum absolute atomic E-state index is 0.0639. The molecular formula is C23H30N2O3. The zero-order valence-corrected chi connectivity index (χ0v) is 16.8. The molecule has 1 unspecified atom stereocenters. The second-order valence-corrected chi connectivity index (χ2v) is 7.14. The molecule has 1 aliphatic heterocycles. The van der Waals surface area contributed by atoms with E-state index in [1.54, 1.807) is 12.1 Å². The number of rotatable bonds is 9. The summed E-state index contributed by atoms with van der Waals surface area (Å²) in [6.45, 7) is 7.87. The molecule has 1 fully saturated rings. The van der Waals surface area contributed by atoms with Crippen LogP contribution in [0.5, 0.6) is 5.75 Å². The van der Waals surface area contributed by atoms with Gasteiger partial charge in [0.25, 0.3) is 5.91 Å². The molecular weight excluding hydrogens is 352 g/mol. The molecule has 2 aromatic carbocycles. The van der Waals surface area contributed by atoms with E-state index in [0.29, 0.717) is 18.7 Å². The Morgan fingerprint density at radius 1 is 1.25 bits per heavy atom. The summed E-state index contributed by atoms with van der Waals surface area (Å²) in [6.07, 6.45) is 2.35. The molecule has 0 saturated carbocycles. The van der Waals surface area contributed by atoms with Gasteiger partial charge in [0.05, 0.1) is 6.10 Å². The highest BCUT2D eigenvalue weighted by molar-refractivity contribution is 5.94. The third kappa shape index (κ3) is 5.73. The molecule has 1 aliphatic rings. The first kappa shape index (κ1) is 20.2. The molecule has 150 valence electrons. The first-order chi connectivity index (χ1) is 13.7. The molecule has 1 heterocycles. The van der Waals surface area contributed by atoms with Gasteiger partial charge in [0.1, 0.15) is 12.4 Å². The van der Waals surface area contributed by atoms with E-state index in [1.165, 1.54) is 11.3 Å². The summed E-state index contributed by atoms with van der Waals surface area (Å²) in [5.74, 6) is 0.703. The number of benzene rings is 2. The van der Waals surface area contributed by atoms with Gasteiger partial charge in [0.15, 0.2) is 0 Å². The van der Waals surface area contributed by atoms with Gasteiger partial charge >= 0.3 is 0 Å². The summed E-state index contributed by atoms with van der Waals surface area (Å²) >= 11 is 0. The van der Waals surface area contributed by atoms with Crippen LogP contribution in [0.1, 0.15) is 35.7 Å². The summed E-state index contributed by atoms with van der Waals surface area (Å²) in [6, 6.07) is 15.7. The van der Waals surface area contributed by atoms with Gasteiger partial charge in [0, 0.05) is 37.5 Å². The van der Waals surface area contributed by atoms with Gasteiger partial charge in [-0.05, 0) is 68.7 Å². The third-order valence-electron chi connectivity index (χ3n) is 4.99. The number of ether oxygens (including phenoxy) is 2. The van der Waals surface area contributed by atoms with Crippen molar-refractivity contribution in [3.05, 3.63) is 59.7 Å². The van der Waals surface area contributed by atoms with Gasteiger partial charge in [-0.15, -0.1) is 0 Å². The van der Waals surface area contributed by atoms with Crippen molar-refractivity contribution in [3.8, 4) is 5.75 Å². The lowest BCUT2D eigenvalue weighted by Crippen LogP contribution is -2.35. The van der Waals surface area contributed by atoms with Gasteiger partial charge < -0.3 is 19.7 Å². The Bertz CT molecular complexity index is 755. The number of amides is 1. The highest BCUT2D eigenvalue weighted by Crippen LogP contribution is 2.17. The van der Waals surface area contributed by atoms with Gasteiger partial charge in [-0.25, -0.2) is 0 Å². The van der Waals surface area contributed by atoms with E-state index in [2.05, 4.69) is 48.3 Å². The quantitative estimate of drug-likeness (QED) is 0.717. The van der Waals surface area contributed by atoms with Crippen LogP contribution in [-0.2, 0) is 4.74 Å². The van der Waals surface area contributed by atoms with Crippen molar-refractivity contribution in [3.63, 3.8) is 0 Å². The van der Waals surface area contributed by atoms with Crippen LogP contribution in [0.2, 0.25) is 0 Å². The van der Waals surface area contributed by atoms with Gasteiger partial charge in [-0.2, -0.15) is 0 Å². The topological polar surface area (TPSA) is 50.8 Å². The largest absolute Gasteiger partial charge is 0.491 e. The molecule has 1 amide bonds. The van der Waals surface area contributed by atoms with E-state index < -0.39 is 0 Å². The summed E-state index contributed by atoms with van der Waals surface area (Å²) in [5, 5.41) is 3.00. The smallest absolute Gasteiger partial charge is 0.251 e. The Labute approximate surface area is 167 Å². The SMILES string of the molecule is CCN(CCNC(=O)c1ccc(OCC2CCCO2)cc1)c1cccc(C)c1. The Morgan fingerprint density at radius 2 is 2.07 bits per heavy atom. The maximum Gasteiger partial charge on any atom is 0.251 e. The standard InChI is InChI=1S/C23H30N2O3/c1-3-25(20-7-4-6-18(2)16-20)14-13-24-23(26)19-9-11-21(12-10-19)28-17-22-8-5-15-27-22/h4,6-7,9-12,16,22H,3,5,8,13-15,17H2,1-2H3,(H,24,26). The van der Waals surface area contributed by atoms with Gasteiger partial charge in [-0.3, -0.25) is 4.79 Å². The van der Waals surface area contributed by atoms with Crippen LogP contribution >= 0.6 is 0 Å². The Kier molecular flexibility index (Phi) is 7.31. The maximum atomic E-state index is 12.4. The number of carbonyl (C=O) groups excluding carboxylic acids is 1. The molecule has 1 N–H and O–H groups in total. The van der Waals surface area contributed by atoms with E-state index in [9.17, 15) is 4.79 Å². The lowest BCUT2D eigenvalue weighted by molar-refractivity contribution is 0.0679. The van der Waals surface area contributed by atoms with E-state index in [4.69, 9.17) is 9.47 Å². The average Bonchev–Trinajstić information content (AvgIpc) is 3.23. The highest BCUT2D eigenvalue weighted by atomic mass is 16.5. The van der Waals surface area contributed by atoms with E-state index in [-0.39, 0.29) is 12.0 Å². The fourth-order valence-electron chi connectivity index (χ4n) is 3.37. The normalized spacial score (nSPS) is 16.0. The van der Waals surface area contributed by atoms with E-state index in [1.807, 2.05) is 12.1 Å². The fraction of sp³-hybridized carbons (Fsp3) is 0.435. The van der Waals surface area contributed by atoms with Crippen molar-refractivity contribution in [2.45, 2.75) is 32.8 Å². The van der Waals surface area contributed by atoms with Crippen molar-refractivity contribution < 1.29 is 14.3 Å². The predicted molar refractivity (Wildman–Crippen MR) is 112 cm³/mol. The zero-order chi connectivity index (χ0) is 19.8. The minimum Gasteiger partial charge on any atom is -0.491 e. The first-order valence-corrected chi connectivity index (χ1v) is 10.1. The number of hydrogen-bond acceptors (Lipinski definition) is 4. The van der Waals surface area contributed by atoms with E-state index in [0.717, 1.165) is 38.3 Å². The van der Waals surface area contributed by atoms with Crippen molar-refractivity contribution in [2.24, 2.45) is 0 Å². The predicted octanol–water partition coefficient (Wildman–Crippen LogP) is 3.81. The van der Waals surface area contributed by atoms with Gasteiger partial charge in [-0.1, -0.05) is 12.1 Å². The lowest BCUT2D eigenvalue weighted by atomic mass is 10.2. The third-order valence-corrected chi connectivity index (χ3v) is 4.99. The molecule has 28 heavy (non-hydrogen) atoms. The Hall–Kier alpha value is -2.53. The van der Waals surface area contributed by atoms with Crippen LogP contribution in [0.15, 0.2) is 48.5 Å². The van der Waals surface area contributed by atoms with Crippen molar-refractivity contribution in [1.82, 2.24) is 5.32 Å². The van der Waals surface area contributed by atoms with Gasteiger partial charge in [0.2, 0.25) is 0 Å². The molecule has 0 radical (unpaired) electrons. The summed E-state index contributed by atoms with van der Waals surface area (Å²) < 4.78 is 11.3. The fourth-order valence-corrected chi connectivity index (χ4v) is 3.37. The molecule has 3 rings (SSSR count). The summed E-state index contributed by atoms with van der Waals surface area (Å²) in [4.78, 5) is 14.7. The number of nitrogens with zero attached hydrogens (tertiary/aromatic N) is 1. The zero-order valence-electron chi connectivity index (χ0n) is 16.8. The molecule has 1 atom stereocenters. The second kappa shape index (κ2) is 10.1. The van der Waals surface area contributed by atoms with Crippen molar-refractivity contribution in [1.29, 1.82) is 0 Å². The number of hydrogen-bond donors (Lipinski definition) is 1. The molecule has 1 saturated heterocycles. The highest BCUT2D eigenvalue weighted by Gasteiger charge is 2.16. The minimum atomic E-state index is -0.0639. The monoisotopic (exact) mass is 382 g/mol. The van der Waals surface area contributed by atoms with Crippen LogP contribution in [0, 0.1) is 6.92 Å². The van der Waals surface area contributed by atoms with Crippen LogP contribution in [0.3, 0.4) is 0 Å². The van der Waals surface area contributed by atoms with Crippen molar-refractivity contribution in [2.75, 3.05) is 37.7 Å². The molecule has 0 aromatic heterocycles. The number of carbonyl (C=O) groups is 1. The molecule has 0 spiro atoms. The van der Waals surface area contributed by atoms with Crippen LogP contribution in [-0.4, -0.2) is 44.9 Å². The molecule has 0 aliphatic carbocycles. The summed E-state index contributed by atoms with van der Waals surface area (Å²) in [5.41, 5.74) is 3.06. The molecule has 2 aromatic rings. The summed E-state index contributed by atoms with van der Waals surface area (Å²) in [7, 11) is 0. The molecule has 5 nitrogen and oxygen atoms in total. The first-order valence-electron chi connectivity index (χ1n) is 10.1. The maximum absolute atomic E-state index is 12.4. The molecule has 5 heteroatoms. The number of aryl methyl sites for hydroxylation is 1. The van der Waals surface area contributed by atoms with Crippen LogP contribution in [0.4, 0.5) is 5.69 Å². The number of anilines is 1. The van der Waals surface area contributed by atoms with Crippen LogP contribution < -0.4 is 15.0 Å². The lowest BCUT2D eigenvalue weighted by Gasteiger charge is -2.23. The van der Waals surface area contributed by atoms with Crippen molar-refractivity contribution >= 4 is 11.6 Å². The Balaban J connectivity index is 1.44. The van der Waals surface area contributed by atoms with Crippen LogP contribution in [0.25, 0.3) is 0 Å². The molecule has 0 bridgehead atoms.